The van der Waals surface area contributed by atoms with Crippen LogP contribution in [0.2, 0.25) is 0 Å². The summed E-state index contributed by atoms with van der Waals surface area (Å²) in [5.41, 5.74) is 7.42. The molecule has 0 fully saturated rings. The molecule has 5 heteroatoms. The molecule has 2 aromatic carbocycles. The molecule has 106 valence electrons. The van der Waals surface area contributed by atoms with Gasteiger partial charge in [0.2, 0.25) is 0 Å². The van der Waals surface area contributed by atoms with Crippen molar-refractivity contribution in [2.24, 2.45) is 0 Å². The number of rotatable bonds is 4. The SMILES string of the molecule is COc1ccc(Br)cc1CN(C)c1ccc(N)c(F)c1. The lowest BCUT2D eigenvalue weighted by atomic mass is 10.1. The number of hydrogen-bond acceptors (Lipinski definition) is 3. The summed E-state index contributed by atoms with van der Waals surface area (Å²) in [5.74, 6) is 0.395. The van der Waals surface area contributed by atoms with Gasteiger partial charge in [-0.3, -0.25) is 0 Å². The highest BCUT2D eigenvalue weighted by Crippen LogP contribution is 2.26. The maximum Gasteiger partial charge on any atom is 0.148 e. The Morgan fingerprint density at radius 3 is 2.65 bits per heavy atom. The summed E-state index contributed by atoms with van der Waals surface area (Å²) in [7, 11) is 3.53. The minimum Gasteiger partial charge on any atom is -0.496 e. The number of benzene rings is 2. The van der Waals surface area contributed by atoms with Gasteiger partial charge in [-0.1, -0.05) is 15.9 Å². The van der Waals surface area contributed by atoms with Crippen LogP contribution in [0.3, 0.4) is 0 Å². The molecule has 0 aliphatic heterocycles. The van der Waals surface area contributed by atoms with E-state index in [-0.39, 0.29) is 5.69 Å². The molecule has 0 saturated heterocycles. The average Bonchev–Trinajstić information content (AvgIpc) is 2.42. The van der Waals surface area contributed by atoms with E-state index < -0.39 is 5.82 Å². The van der Waals surface area contributed by atoms with E-state index in [9.17, 15) is 4.39 Å². The summed E-state index contributed by atoms with van der Waals surface area (Å²) >= 11 is 3.44. The first-order valence-electron chi connectivity index (χ1n) is 6.10. The van der Waals surface area contributed by atoms with Crippen molar-refractivity contribution < 1.29 is 9.13 Å². The maximum atomic E-state index is 13.5. The first-order valence-corrected chi connectivity index (χ1v) is 6.89. The lowest BCUT2D eigenvalue weighted by molar-refractivity contribution is 0.409. The van der Waals surface area contributed by atoms with Gasteiger partial charge >= 0.3 is 0 Å². The van der Waals surface area contributed by atoms with E-state index in [2.05, 4.69) is 15.9 Å². The number of anilines is 2. The average molecular weight is 339 g/mol. The molecule has 2 rings (SSSR count). The third-order valence-corrected chi connectivity index (χ3v) is 3.57. The molecule has 0 aliphatic rings. The van der Waals surface area contributed by atoms with Crippen molar-refractivity contribution >= 4 is 27.3 Å². The van der Waals surface area contributed by atoms with E-state index in [0.717, 1.165) is 21.5 Å². The van der Waals surface area contributed by atoms with Gasteiger partial charge in [0.15, 0.2) is 0 Å². The topological polar surface area (TPSA) is 38.5 Å². The molecule has 0 bridgehead atoms. The first-order chi connectivity index (χ1) is 9.51. The van der Waals surface area contributed by atoms with Gasteiger partial charge in [0.25, 0.3) is 0 Å². The highest BCUT2D eigenvalue weighted by atomic mass is 79.9. The Morgan fingerprint density at radius 2 is 2.00 bits per heavy atom. The molecule has 2 aromatic rings. The van der Waals surface area contributed by atoms with E-state index in [1.165, 1.54) is 6.07 Å². The standard InChI is InChI=1S/C15H16BrFN2O/c1-19(12-4-5-14(18)13(17)8-12)9-10-7-11(16)3-6-15(10)20-2/h3-8H,9,18H2,1-2H3. The maximum absolute atomic E-state index is 13.5. The fraction of sp³-hybridized carbons (Fsp3) is 0.200. The molecule has 20 heavy (non-hydrogen) atoms. The Labute approximate surface area is 126 Å². The lowest BCUT2D eigenvalue weighted by Crippen LogP contribution is -2.17. The normalized spacial score (nSPS) is 10.4. The molecular weight excluding hydrogens is 323 g/mol. The van der Waals surface area contributed by atoms with E-state index in [1.807, 2.05) is 30.1 Å². The molecule has 0 aromatic heterocycles. The van der Waals surface area contributed by atoms with Crippen LogP contribution in [0.5, 0.6) is 5.75 Å². The molecule has 0 heterocycles. The molecular formula is C15H16BrFN2O. The summed E-state index contributed by atoms with van der Waals surface area (Å²) in [6.45, 7) is 0.603. The van der Waals surface area contributed by atoms with Crippen molar-refractivity contribution in [3.05, 3.63) is 52.3 Å². The van der Waals surface area contributed by atoms with Gasteiger partial charge in [-0.2, -0.15) is 0 Å². The largest absolute Gasteiger partial charge is 0.496 e. The second kappa shape index (κ2) is 6.13. The van der Waals surface area contributed by atoms with Crippen molar-refractivity contribution in [3.8, 4) is 5.75 Å². The van der Waals surface area contributed by atoms with Gasteiger partial charge in [-0.25, -0.2) is 4.39 Å². The van der Waals surface area contributed by atoms with Crippen LogP contribution in [0.1, 0.15) is 5.56 Å². The van der Waals surface area contributed by atoms with E-state index in [4.69, 9.17) is 10.5 Å². The van der Waals surface area contributed by atoms with Gasteiger partial charge in [-0.15, -0.1) is 0 Å². The predicted molar refractivity (Wildman–Crippen MR) is 83.6 cm³/mol. The van der Waals surface area contributed by atoms with Crippen LogP contribution in [-0.4, -0.2) is 14.2 Å². The summed E-state index contributed by atoms with van der Waals surface area (Å²) in [6, 6.07) is 10.6. The molecule has 0 spiro atoms. The quantitative estimate of drug-likeness (QED) is 0.861. The molecule has 2 N–H and O–H groups in total. The zero-order valence-corrected chi connectivity index (χ0v) is 12.9. The van der Waals surface area contributed by atoms with Gasteiger partial charge in [0, 0.05) is 29.3 Å². The van der Waals surface area contributed by atoms with E-state index in [1.54, 1.807) is 19.2 Å². The van der Waals surface area contributed by atoms with Gasteiger partial charge in [-0.05, 0) is 36.4 Å². The fourth-order valence-electron chi connectivity index (χ4n) is 1.97. The van der Waals surface area contributed by atoms with Crippen molar-refractivity contribution in [1.29, 1.82) is 0 Å². The highest BCUT2D eigenvalue weighted by molar-refractivity contribution is 9.10. The number of nitrogens with two attached hydrogens (primary N) is 1. The number of nitrogen functional groups attached to an aromatic ring is 1. The molecule has 0 saturated carbocycles. The molecule has 0 unspecified atom stereocenters. The van der Waals surface area contributed by atoms with Crippen LogP contribution in [0.15, 0.2) is 40.9 Å². The summed E-state index contributed by atoms with van der Waals surface area (Å²) < 4.78 is 19.8. The van der Waals surface area contributed by atoms with E-state index in [0.29, 0.717) is 6.54 Å². The third-order valence-electron chi connectivity index (χ3n) is 3.07. The summed E-state index contributed by atoms with van der Waals surface area (Å²) in [5, 5.41) is 0. The number of nitrogens with zero attached hydrogens (tertiary/aromatic N) is 1. The van der Waals surface area contributed by atoms with E-state index >= 15 is 0 Å². The third kappa shape index (κ3) is 3.22. The Balaban J connectivity index is 2.24. The Bertz CT molecular complexity index is 619. The van der Waals surface area contributed by atoms with Gasteiger partial charge in [0.1, 0.15) is 11.6 Å². The Hall–Kier alpha value is -1.75. The second-order valence-electron chi connectivity index (χ2n) is 4.52. The number of halogens is 2. The van der Waals surface area contributed by atoms with Gasteiger partial charge < -0.3 is 15.4 Å². The van der Waals surface area contributed by atoms with Crippen LogP contribution in [0, 0.1) is 5.82 Å². The number of methoxy groups -OCH3 is 1. The minimum atomic E-state index is -0.407. The molecule has 3 nitrogen and oxygen atoms in total. The molecule has 0 radical (unpaired) electrons. The Morgan fingerprint density at radius 1 is 1.25 bits per heavy atom. The fourth-order valence-corrected chi connectivity index (χ4v) is 2.38. The second-order valence-corrected chi connectivity index (χ2v) is 5.43. The van der Waals surface area contributed by atoms with Crippen LogP contribution >= 0.6 is 15.9 Å². The summed E-state index contributed by atoms with van der Waals surface area (Å²) in [6.07, 6.45) is 0. The van der Waals surface area contributed by atoms with Crippen molar-refractivity contribution in [2.75, 3.05) is 24.8 Å². The zero-order valence-electron chi connectivity index (χ0n) is 11.4. The minimum absolute atomic E-state index is 0.155. The molecule has 0 atom stereocenters. The van der Waals surface area contributed by atoms with Crippen molar-refractivity contribution in [1.82, 2.24) is 0 Å². The van der Waals surface area contributed by atoms with Gasteiger partial charge in [0.05, 0.1) is 12.8 Å². The smallest absolute Gasteiger partial charge is 0.148 e. The predicted octanol–water partition coefficient (Wildman–Crippen LogP) is 3.82. The van der Waals surface area contributed by atoms with Crippen LogP contribution in [0.25, 0.3) is 0 Å². The van der Waals surface area contributed by atoms with Crippen LogP contribution in [0.4, 0.5) is 15.8 Å². The summed E-state index contributed by atoms with van der Waals surface area (Å²) in [4.78, 5) is 1.94. The van der Waals surface area contributed by atoms with Crippen molar-refractivity contribution in [3.63, 3.8) is 0 Å². The van der Waals surface area contributed by atoms with Crippen LogP contribution < -0.4 is 15.4 Å². The number of hydrogen-bond donors (Lipinski definition) is 1. The van der Waals surface area contributed by atoms with Crippen LogP contribution in [-0.2, 0) is 6.54 Å². The zero-order chi connectivity index (χ0) is 14.7. The molecule has 0 aliphatic carbocycles. The first kappa shape index (κ1) is 14.7. The lowest BCUT2D eigenvalue weighted by Gasteiger charge is -2.21. The Kier molecular flexibility index (Phi) is 4.49. The number of ether oxygens (including phenoxy) is 1. The highest BCUT2D eigenvalue weighted by Gasteiger charge is 2.09. The van der Waals surface area contributed by atoms with Crippen molar-refractivity contribution in [2.45, 2.75) is 6.54 Å². The molecule has 0 amide bonds. The monoisotopic (exact) mass is 338 g/mol.